The van der Waals surface area contributed by atoms with Crippen molar-refractivity contribution in [1.29, 1.82) is 0 Å². The molecule has 2 nitrogen and oxygen atoms in total. The van der Waals surface area contributed by atoms with E-state index in [0.29, 0.717) is 12.1 Å². The Hall–Kier alpha value is -1.18. The number of nitrogens with zero attached hydrogens (tertiary/aromatic N) is 1. The summed E-state index contributed by atoms with van der Waals surface area (Å²) in [6.07, 6.45) is 3.79. The molecule has 2 atom stereocenters. The summed E-state index contributed by atoms with van der Waals surface area (Å²) >= 11 is 0. The average Bonchev–Trinajstić information content (AvgIpc) is 2.60. The molecule has 1 aromatic carbocycles. The van der Waals surface area contributed by atoms with Crippen LogP contribution >= 0.6 is 0 Å². The van der Waals surface area contributed by atoms with Crippen molar-refractivity contribution in [2.45, 2.75) is 52.1 Å². The SMILES string of the molecule is CCC1CCC(C)N1c1ccc(C)cc1N. The molecule has 1 aromatic rings. The molecule has 0 radical (unpaired) electrons. The topological polar surface area (TPSA) is 29.3 Å². The number of hydrogen-bond donors (Lipinski definition) is 1. The second kappa shape index (κ2) is 4.36. The lowest BCUT2D eigenvalue weighted by Crippen LogP contribution is -2.34. The largest absolute Gasteiger partial charge is 0.397 e. The highest BCUT2D eigenvalue weighted by molar-refractivity contribution is 5.69. The molecule has 88 valence electrons. The lowest BCUT2D eigenvalue weighted by atomic mass is 10.1. The Morgan fingerprint density at radius 2 is 2.12 bits per heavy atom. The molecule has 0 saturated carbocycles. The quantitative estimate of drug-likeness (QED) is 0.771. The van der Waals surface area contributed by atoms with E-state index in [1.54, 1.807) is 0 Å². The van der Waals surface area contributed by atoms with Crippen LogP contribution in [0.1, 0.15) is 38.7 Å². The van der Waals surface area contributed by atoms with Gasteiger partial charge in [-0.3, -0.25) is 0 Å². The zero-order chi connectivity index (χ0) is 11.7. The Bertz CT molecular complexity index is 373. The molecule has 0 aliphatic carbocycles. The third-order valence-corrected chi connectivity index (χ3v) is 3.72. The minimum atomic E-state index is 0.620. The first-order valence-corrected chi connectivity index (χ1v) is 6.28. The van der Waals surface area contributed by atoms with E-state index in [9.17, 15) is 0 Å². The third-order valence-electron chi connectivity index (χ3n) is 3.72. The van der Waals surface area contributed by atoms with Crippen molar-refractivity contribution in [3.05, 3.63) is 23.8 Å². The Morgan fingerprint density at radius 1 is 1.38 bits per heavy atom. The molecule has 2 rings (SSSR count). The van der Waals surface area contributed by atoms with E-state index in [2.05, 4.69) is 43.9 Å². The molecule has 0 amide bonds. The Morgan fingerprint density at radius 3 is 2.75 bits per heavy atom. The zero-order valence-electron chi connectivity index (χ0n) is 10.5. The molecule has 2 heteroatoms. The Kier molecular flexibility index (Phi) is 3.08. The second-order valence-electron chi connectivity index (χ2n) is 4.96. The highest BCUT2D eigenvalue weighted by atomic mass is 15.2. The van der Waals surface area contributed by atoms with Gasteiger partial charge < -0.3 is 10.6 Å². The van der Waals surface area contributed by atoms with E-state index in [-0.39, 0.29) is 0 Å². The molecular formula is C14H22N2. The Labute approximate surface area is 98.4 Å². The second-order valence-corrected chi connectivity index (χ2v) is 4.96. The van der Waals surface area contributed by atoms with Crippen molar-refractivity contribution >= 4 is 11.4 Å². The highest BCUT2D eigenvalue weighted by Gasteiger charge is 2.30. The molecule has 1 heterocycles. The monoisotopic (exact) mass is 218 g/mol. The van der Waals surface area contributed by atoms with Crippen molar-refractivity contribution in [3.63, 3.8) is 0 Å². The first-order valence-electron chi connectivity index (χ1n) is 6.28. The normalized spacial score (nSPS) is 25.1. The maximum absolute atomic E-state index is 6.14. The summed E-state index contributed by atoms with van der Waals surface area (Å²) in [7, 11) is 0. The van der Waals surface area contributed by atoms with E-state index in [1.807, 2.05) is 0 Å². The number of hydrogen-bond acceptors (Lipinski definition) is 2. The van der Waals surface area contributed by atoms with Crippen LogP contribution in [0.5, 0.6) is 0 Å². The molecule has 16 heavy (non-hydrogen) atoms. The first-order chi connectivity index (χ1) is 7.63. The summed E-state index contributed by atoms with van der Waals surface area (Å²) in [6.45, 7) is 6.65. The van der Waals surface area contributed by atoms with Crippen molar-refractivity contribution in [1.82, 2.24) is 0 Å². The fraction of sp³-hybridized carbons (Fsp3) is 0.571. The number of benzene rings is 1. The maximum atomic E-state index is 6.14. The van der Waals surface area contributed by atoms with Gasteiger partial charge in [-0.15, -0.1) is 0 Å². The van der Waals surface area contributed by atoms with Gasteiger partial charge in [-0.05, 0) is 50.8 Å². The Balaban J connectivity index is 2.34. The van der Waals surface area contributed by atoms with Crippen molar-refractivity contribution in [2.24, 2.45) is 0 Å². The molecule has 2 N–H and O–H groups in total. The highest BCUT2D eigenvalue weighted by Crippen LogP contribution is 2.35. The van der Waals surface area contributed by atoms with Gasteiger partial charge in [-0.25, -0.2) is 0 Å². The van der Waals surface area contributed by atoms with Crippen LogP contribution in [-0.4, -0.2) is 12.1 Å². The molecule has 1 aliphatic heterocycles. The maximum Gasteiger partial charge on any atom is 0.0605 e. The minimum Gasteiger partial charge on any atom is -0.397 e. The molecule has 0 bridgehead atoms. The summed E-state index contributed by atoms with van der Waals surface area (Å²) < 4.78 is 0. The van der Waals surface area contributed by atoms with E-state index in [1.165, 1.54) is 30.5 Å². The van der Waals surface area contributed by atoms with Crippen LogP contribution < -0.4 is 10.6 Å². The van der Waals surface area contributed by atoms with Crippen molar-refractivity contribution < 1.29 is 0 Å². The molecule has 0 aromatic heterocycles. The third kappa shape index (κ3) is 1.89. The van der Waals surface area contributed by atoms with Gasteiger partial charge in [-0.2, -0.15) is 0 Å². The summed E-state index contributed by atoms with van der Waals surface area (Å²) in [5.41, 5.74) is 9.52. The molecule has 0 spiro atoms. The van der Waals surface area contributed by atoms with E-state index >= 15 is 0 Å². The van der Waals surface area contributed by atoms with Gasteiger partial charge >= 0.3 is 0 Å². The standard InChI is InChI=1S/C14H22N2/c1-4-12-7-6-11(3)16(12)14-8-5-10(2)9-13(14)15/h5,8-9,11-12H,4,6-7,15H2,1-3H3. The van der Waals surface area contributed by atoms with Crippen LogP contribution in [0, 0.1) is 6.92 Å². The van der Waals surface area contributed by atoms with Gasteiger partial charge in [-0.1, -0.05) is 13.0 Å². The molecule has 2 unspecified atom stereocenters. The summed E-state index contributed by atoms with van der Waals surface area (Å²) in [4.78, 5) is 2.51. The lowest BCUT2D eigenvalue weighted by molar-refractivity contribution is 0.629. The van der Waals surface area contributed by atoms with Crippen molar-refractivity contribution in [2.75, 3.05) is 10.6 Å². The minimum absolute atomic E-state index is 0.620. The number of nitrogen functional groups attached to an aromatic ring is 1. The van der Waals surface area contributed by atoms with Gasteiger partial charge in [0.05, 0.1) is 11.4 Å². The van der Waals surface area contributed by atoms with Crippen LogP contribution in [-0.2, 0) is 0 Å². The molecule has 1 fully saturated rings. The van der Waals surface area contributed by atoms with Crippen LogP contribution in [0.15, 0.2) is 18.2 Å². The predicted molar refractivity (Wildman–Crippen MR) is 70.8 cm³/mol. The van der Waals surface area contributed by atoms with Crippen molar-refractivity contribution in [3.8, 4) is 0 Å². The van der Waals surface area contributed by atoms with E-state index in [4.69, 9.17) is 5.73 Å². The summed E-state index contributed by atoms with van der Waals surface area (Å²) in [6, 6.07) is 7.70. The summed E-state index contributed by atoms with van der Waals surface area (Å²) in [5, 5.41) is 0. The fourth-order valence-electron chi connectivity index (χ4n) is 2.82. The van der Waals surface area contributed by atoms with Gasteiger partial charge in [0, 0.05) is 12.1 Å². The summed E-state index contributed by atoms with van der Waals surface area (Å²) in [5.74, 6) is 0. The van der Waals surface area contributed by atoms with Crippen LogP contribution in [0.3, 0.4) is 0 Å². The molecule has 1 saturated heterocycles. The molecular weight excluding hydrogens is 196 g/mol. The lowest BCUT2D eigenvalue weighted by Gasteiger charge is -2.31. The number of nitrogens with two attached hydrogens (primary N) is 1. The van der Waals surface area contributed by atoms with Crippen LogP contribution in [0.25, 0.3) is 0 Å². The van der Waals surface area contributed by atoms with Crippen LogP contribution in [0.4, 0.5) is 11.4 Å². The van der Waals surface area contributed by atoms with Gasteiger partial charge in [0.25, 0.3) is 0 Å². The van der Waals surface area contributed by atoms with E-state index < -0.39 is 0 Å². The predicted octanol–water partition coefficient (Wildman–Crippen LogP) is 3.34. The smallest absolute Gasteiger partial charge is 0.0605 e. The fourth-order valence-corrected chi connectivity index (χ4v) is 2.82. The van der Waals surface area contributed by atoms with Crippen LogP contribution in [0.2, 0.25) is 0 Å². The first kappa shape index (κ1) is 11.3. The van der Waals surface area contributed by atoms with E-state index in [0.717, 1.165) is 5.69 Å². The number of anilines is 2. The van der Waals surface area contributed by atoms with Gasteiger partial charge in [0.2, 0.25) is 0 Å². The number of aryl methyl sites for hydroxylation is 1. The number of rotatable bonds is 2. The average molecular weight is 218 g/mol. The zero-order valence-corrected chi connectivity index (χ0v) is 10.5. The van der Waals surface area contributed by atoms with Gasteiger partial charge in [0.15, 0.2) is 0 Å². The molecule has 1 aliphatic rings. The van der Waals surface area contributed by atoms with Gasteiger partial charge in [0.1, 0.15) is 0 Å².